The molecular weight excluding hydrogens is 420 g/mol. The van der Waals surface area contributed by atoms with Crippen LogP contribution in [0.4, 0.5) is 4.79 Å². The Kier molecular flexibility index (Phi) is 8.58. The fourth-order valence-corrected chi connectivity index (χ4v) is 2.95. The summed E-state index contributed by atoms with van der Waals surface area (Å²) in [5, 5.41) is 6.20. The number of urea groups is 1. The molecule has 0 radical (unpaired) electrons. The number of nitrogens with one attached hydrogen (secondary N) is 2. The molecule has 0 bridgehead atoms. The number of rotatable bonds is 9. The van der Waals surface area contributed by atoms with Gasteiger partial charge in [0.25, 0.3) is 0 Å². The summed E-state index contributed by atoms with van der Waals surface area (Å²) in [6, 6.07) is 13.1. The number of ether oxygens (including phenoxy) is 2. The Bertz CT molecular complexity index is 710. The first-order valence-electron chi connectivity index (χ1n) is 8.31. The first-order valence-corrected chi connectivity index (χ1v) is 9.48. The molecular formula is C19H22BrClN2O3. The summed E-state index contributed by atoms with van der Waals surface area (Å²) in [5.74, 6) is 1.46. The first kappa shape index (κ1) is 20.4. The van der Waals surface area contributed by atoms with Crippen molar-refractivity contribution in [2.75, 3.05) is 26.8 Å². The minimum absolute atomic E-state index is 0.180. The van der Waals surface area contributed by atoms with Gasteiger partial charge in [-0.05, 0) is 48.7 Å². The molecule has 0 fully saturated rings. The van der Waals surface area contributed by atoms with Gasteiger partial charge in [0.2, 0.25) is 0 Å². The second kappa shape index (κ2) is 10.9. The summed E-state index contributed by atoms with van der Waals surface area (Å²) in [6.45, 7) is 1.58. The molecule has 7 heteroatoms. The van der Waals surface area contributed by atoms with Gasteiger partial charge in [0.05, 0.1) is 18.7 Å². The van der Waals surface area contributed by atoms with Crippen LogP contribution >= 0.6 is 27.5 Å². The fourth-order valence-electron chi connectivity index (χ4n) is 2.22. The molecule has 0 aliphatic carbocycles. The fraction of sp³-hybridized carbons (Fsp3) is 0.316. The highest BCUT2D eigenvalue weighted by atomic mass is 79.9. The second-order valence-corrected chi connectivity index (χ2v) is 6.88. The molecule has 2 amide bonds. The van der Waals surface area contributed by atoms with Gasteiger partial charge in [-0.25, -0.2) is 4.79 Å². The van der Waals surface area contributed by atoms with Crippen LogP contribution in [0.25, 0.3) is 0 Å². The van der Waals surface area contributed by atoms with Gasteiger partial charge in [-0.3, -0.25) is 0 Å². The molecule has 0 heterocycles. The van der Waals surface area contributed by atoms with E-state index in [0.29, 0.717) is 36.9 Å². The van der Waals surface area contributed by atoms with E-state index < -0.39 is 0 Å². The van der Waals surface area contributed by atoms with Gasteiger partial charge in [0.1, 0.15) is 11.5 Å². The second-order valence-electron chi connectivity index (χ2n) is 5.56. The van der Waals surface area contributed by atoms with Gasteiger partial charge in [0, 0.05) is 17.6 Å². The zero-order valence-electron chi connectivity index (χ0n) is 14.6. The molecule has 2 aromatic rings. The van der Waals surface area contributed by atoms with Gasteiger partial charge in [-0.2, -0.15) is 0 Å². The lowest BCUT2D eigenvalue weighted by Gasteiger charge is -2.10. The number of methoxy groups -OCH3 is 1. The largest absolute Gasteiger partial charge is 0.497 e. The minimum Gasteiger partial charge on any atom is -0.497 e. The lowest BCUT2D eigenvalue weighted by molar-refractivity contribution is 0.239. The third kappa shape index (κ3) is 7.14. The highest BCUT2D eigenvalue weighted by Crippen LogP contribution is 2.27. The number of carbonyl (C=O) groups is 1. The molecule has 0 aliphatic rings. The topological polar surface area (TPSA) is 59.6 Å². The minimum atomic E-state index is -0.180. The van der Waals surface area contributed by atoms with Crippen molar-refractivity contribution < 1.29 is 14.3 Å². The normalized spacial score (nSPS) is 10.3. The van der Waals surface area contributed by atoms with E-state index in [9.17, 15) is 4.79 Å². The molecule has 140 valence electrons. The Morgan fingerprint density at radius 3 is 2.54 bits per heavy atom. The summed E-state index contributed by atoms with van der Waals surface area (Å²) in [7, 11) is 1.64. The molecule has 0 saturated carbocycles. The van der Waals surface area contributed by atoms with Crippen LogP contribution in [-0.2, 0) is 6.42 Å². The standard InChI is InChI=1S/C19H22BrClN2O3/c1-25-16-6-3-14(4-7-16)9-11-23-19(24)22-10-2-12-26-18-8-5-15(20)13-17(18)21/h3-8,13H,2,9-12H2,1H3,(H2,22,23,24). The van der Waals surface area contributed by atoms with Crippen LogP contribution in [0.5, 0.6) is 11.5 Å². The van der Waals surface area contributed by atoms with Crippen molar-refractivity contribution in [1.82, 2.24) is 10.6 Å². The smallest absolute Gasteiger partial charge is 0.314 e. The molecule has 2 aromatic carbocycles. The van der Waals surface area contributed by atoms with E-state index in [1.165, 1.54) is 0 Å². The van der Waals surface area contributed by atoms with Crippen molar-refractivity contribution >= 4 is 33.6 Å². The van der Waals surface area contributed by atoms with E-state index in [1.807, 2.05) is 36.4 Å². The molecule has 0 aliphatic heterocycles. The van der Waals surface area contributed by atoms with Crippen LogP contribution in [0.3, 0.4) is 0 Å². The average Bonchev–Trinajstić information content (AvgIpc) is 2.63. The monoisotopic (exact) mass is 440 g/mol. The van der Waals surface area contributed by atoms with E-state index in [0.717, 1.165) is 22.2 Å². The lowest BCUT2D eigenvalue weighted by atomic mass is 10.1. The lowest BCUT2D eigenvalue weighted by Crippen LogP contribution is -2.37. The zero-order valence-corrected chi connectivity index (χ0v) is 16.9. The molecule has 5 nitrogen and oxygen atoms in total. The highest BCUT2D eigenvalue weighted by molar-refractivity contribution is 9.10. The van der Waals surface area contributed by atoms with E-state index in [4.69, 9.17) is 21.1 Å². The number of amides is 2. The molecule has 0 aromatic heterocycles. The van der Waals surface area contributed by atoms with Gasteiger partial charge in [-0.1, -0.05) is 39.7 Å². The van der Waals surface area contributed by atoms with Crippen molar-refractivity contribution in [3.63, 3.8) is 0 Å². The molecule has 2 rings (SSSR count). The summed E-state index contributed by atoms with van der Waals surface area (Å²) >= 11 is 9.42. The number of carbonyl (C=O) groups excluding carboxylic acids is 1. The predicted octanol–water partition coefficient (Wildman–Crippen LogP) is 4.42. The van der Waals surface area contributed by atoms with Crippen LogP contribution in [0.15, 0.2) is 46.9 Å². The van der Waals surface area contributed by atoms with Crippen molar-refractivity contribution in [3.05, 3.63) is 57.5 Å². The number of benzene rings is 2. The van der Waals surface area contributed by atoms with E-state index in [1.54, 1.807) is 13.2 Å². The van der Waals surface area contributed by atoms with Gasteiger partial charge in [-0.15, -0.1) is 0 Å². The molecule has 0 spiro atoms. The quantitative estimate of drug-likeness (QED) is 0.566. The van der Waals surface area contributed by atoms with E-state index >= 15 is 0 Å². The van der Waals surface area contributed by atoms with Crippen LogP contribution in [0.1, 0.15) is 12.0 Å². The molecule has 26 heavy (non-hydrogen) atoms. The Labute approximate surface area is 167 Å². The summed E-state index contributed by atoms with van der Waals surface area (Å²) in [5.41, 5.74) is 1.14. The Morgan fingerprint density at radius 2 is 1.85 bits per heavy atom. The van der Waals surface area contributed by atoms with Gasteiger partial charge < -0.3 is 20.1 Å². The van der Waals surface area contributed by atoms with Gasteiger partial charge in [0.15, 0.2) is 0 Å². The highest BCUT2D eigenvalue weighted by Gasteiger charge is 2.03. The molecule has 0 saturated heterocycles. The van der Waals surface area contributed by atoms with Crippen LogP contribution in [-0.4, -0.2) is 32.8 Å². The maximum absolute atomic E-state index is 11.7. The SMILES string of the molecule is COc1ccc(CCNC(=O)NCCCOc2ccc(Br)cc2Cl)cc1. The predicted molar refractivity (Wildman–Crippen MR) is 107 cm³/mol. The number of halogens is 2. The summed E-state index contributed by atoms with van der Waals surface area (Å²) in [4.78, 5) is 11.7. The van der Waals surface area contributed by atoms with Crippen LogP contribution < -0.4 is 20.1 Å². The van der Waals surface area contributed by atoms with Crippen molar-refractivity contribution in [2.45, 2.75) is 12.8 Å². The Balaban J connectivity index is 1.55. The Hall–Kier alpha value is -1.92. The van der Waals surface area contributed by atoms with Crippen LogP contribution in [0.2, 0.25) is 5.02 Å². The number of hydrogen-bond acceptors (Lipinski definition) is 3. The van der Waals surface area contributed by atoms with Crippen molar-refractivity contribution in [2.24, 2.45) is 0 Å². The third-order valence-electron chi connectivity index (χ3n) is 3.62. The summed E-state index contributed by atoms with van der Waals surface area (Å²) in [6.07, 6.45) is 1.46. The molecule has 0 atom stereocenters. The van der Waals surface area contributed by atoms with Crippen molar-refractivity contribution in [1.29, 1.82) is 0 Å². The maximum Gasteiger partial charge on any atom is 0.314 e. The zero-order chi connectivity index (χ0) is 18.8. The average molecular weight is 442 g/mol. The third-order valence-corrected chi connectivity index (χ3v) is 4.41. The molecule has 0 unspecified atom stereocenters. The first-order chi connectivity index (χ1) is 12.6. The van der Waals surface area contributed by atoms with E-state index in [-0.39, 0.29) is 6.03 Å². The molecule has 2 N–H and O–H groups in total. The van der Waals surface area contributed by atoms with E-state index in [2.05, 4.69) is 26.6 Å². The van der Waals surface area contributed by atoms with Crippen molar-refractivity contribution in [3.8, 4) is 11.5 Å². The number of hydrogen-bond donors (Lipinski definition) is 2. The van der Waals surface area contributed by atoms with Gasteiger partial charge >= 0.3 is 6.03 Å². The summed E-state index contributed by atoms with van der Waals surface area (Å²) < 4.78 is 11.6. The maximum atomic E-state index is 11.7. The Morgan fingerprint density at radius 1 is 1.12 bits per heavy atom. The van der Waals surface area contributed by atoms with Crippen LogP contribution in [0, 0.1) is 0 Å².